The van der Waals surface area contributed by atoms with E-state index in [0.29, 0.717) is 13.0 Å². The molecule has 0 spiro atoms. The molecule has 15 heavy (non-hydrogen) atoms. The molecule has 0 aliphatic rings. The Morgan fingerprint density at radius 2 is 2.00 bits per heavy atom. The molecule has 88 valence electrons. The van der Waals surface area contributed by atoms with Gasteiger partial charge in [0.2, 0.25) is 0 Å². The van der Waals surface area contributed by atoms with E-state index in [1.54, 1.807) is 6.08 Å². The lowest BCUT2D eigenvalue weighted by molar-refractivity contribution is -0.132. The molecule has 0 aromatic heterocycles. The van der Waals surface area contributed by atoms with Gasteiger partial charge in [0.05, 0.1) is 6.10 Å². The fraction of sp³-hybridized carbons (Fsp3) is 0.500. The second-order valence-corrected chi connectivity index (χ2v) is 2.84. The Labute approximate surface area is 90.1 Å². The van der Waals surface area contributed by atoms with E-state index in [9.17, 15) is 4.79 Å². The van der Waals surface area contributed by atoms with E-state index in [-0.39, 0.29) is 12.1 Å². The second-order valence-electron chi connectivity index (χ2n) is 2.84. The van der Waals surface area contributed by atoms with Crippen LogP contribution in [0.15, 0.2) is 24.3 Å². The molecular weight excluding hydrogens is 196 g/mol. The van der Waals surface area contributed by atoms with E-state index in [4.69, 9.17) is 21.7 Å². The molecule has 1 atom stereocenters. The van der Waals surface area contributed by atoms with Crippen molar-refractivity contribution in [3.05, 3.63) is 24.3 Å². The Balaban J connectivity index is 0. The Hall–Kier alpha value is -1.17. The fourth-order valence-corrected chi connectivity index (χ4v) is 0.496. The third-order valence-corrected chi connectivity index (χ3v) is 1.47. The van der Waals surface area contributed by atoms with E-state index >= 15 is 0 Å². The highest BCUT2D eigenvalue weighted by molar-refractivity contribution is 5.85. The topological polar surface area (TPSA) is 110 Å². The molecule has 5 heteroatoms. The first-order valence-electron chi connectivity index (χ1n) is 4.58. The maximum Gasteiger partial charge on any atom is 0.330 e. The predicted octanol–water partition coefficient (Wildman–Crippen LogP) is -0.142. The van der Waals surface area contributed by atoms with Gasteiger partial charge in [-0.05, 0) is 13.3 Å². The van der Waals surface area contributed by atoms with Gasteiger partial charge in [-0.2, -0.15) is 0 Å². The van der Waals surface area contributed by atoms with E-state index in [0.717, 1.165) is 0 Å². The zero-order chi connectivity index (χ0) is 12.3. The molecule has 0 aromatic carbocycles. The maximum atomic E-state index is 10.2. The average molecular weight is 216 g/mol. The maximum absolute atomic E-state index is 10.2. The minimum absolute atomic E-state index is 0.156. The van der Waals surface area contributed by atoms with Crippen molar-refractivity contribution >= 4 is 5.97 Å². The summed E-state index contributed by atoms with van der Waals surface area (Å²) in [6.45, 7) is 5.57. The highest BCUT2D eigenvalue weighted by atomic mass is 16.4. The van der Waals surface area contributed by atoms with Crippen LogP contribution in [-0.4, -0.2) is 35.4 Å². The molecule has 6 N–H and O–H groups in total. The van der Waals surface area contributed by atoms with E-state index in [2.05, 4.69) is 6.58 Å². The number of carboxylic acid groups (broad SMARTS) is 1. The first kappa shape index (κ1) is 16.3. The summed E-state index contributed by atoms with van der Waals surface area (Å²) in [6.07, 6.45) is 2.78. The molecule has 0 saturated heterocycles. The van der Waals surface area contributed by atoms with Crippen molar-refractivity contribution in [1.29, 1.82) is 0 Å². The highest BCUT2D eigenvalue weighted by Crippen LogP contribution is 1.97. The van der Waals surface area contributed by atoms with Crippen LogP contribution in [0.25, 0.3) is 0 Å². The first-order chi connectivity index (χ1) is 6.99. The molecular formula is C10H20N2O3. The van der Waals surface area contributed by atoms with Crippen LogP contribution in [0.4, 0.5) is 0 Å². The summed E-state index contributed by atoms with van der Waals surface area (Å²) in [4.78, 5) is 10.2. The fourth-order valence-electron chi connectivity index (χ4n) is 0.496. The smallest absolute Gasteiger partial charge is 0.330 e. The lowest BCUT2D eigenvalue weighted by Gasteiger charge is -2.02. The molecule has 0 amide bonds. The van der Waals surface area contributed by atoms with Crippen LogP contribution in [-0.2, 0) is 4.79 Å². The van der Waals surface area contributed by atoms with E-state index in [1.807, 2.05) is 0 Å². The molecule has 5 nitrogen and oxygen atoms in total. The van der Waals surface area contributed by atoms with Gasteiger partial charge in [-0.1, -0.05) is 12.2 Å². The molecule has 0 bridgehead atoms. The third-order valence-electron chi connectivity index (χ3n) is 1.47. The van der Waals surface area contributed by atoms with Gasteiger partial charge in [0.1, 0.15) is 0 Å². The van der Waals surface area contributed by atoms with Crippen molar-refractivity contribution < 1.29 is 15.0 Å². The van der Waals surface area contributed by atoms with Gasteiger partial charge in [0, 0.05) is 18.7 Å². The third kappa shape index (κ3) is 12.8. The largest absolute Gasteiger partial charge is 0.478 e. The summed E-state index contributed by atoms with van der Waals surface area (Å²) in [5.74, 6) is -0.964. The molecule has 0 aromatic rings. The van der Waals surface area contributed by atoms with Crippen molar-refractivity contribution in [2.24, 2.45) is 11.5 Å². The standard InChI is InChI=1S/C7H13NO3.C3H7N/c1-5(7(10)11)2-3-6(9)4-8;1-2-3-4/h2,6,9H,3-4,8H2,1H3,(H,10,11);2H,1,3-4H2. The number of aliphatic carboxylic acids is 1. The van der Waals surface area contributed by atoms with Gasteiger partial charge in [-0.15, -0.1) is 6.58 Å². The average Bonchev–Trinajstić information content (AvgIpc) is 2.25. The number of aliphatic hydroxyl groups is 1. The molecule has 0 rings (SSSR count). The molecule has 0 saturated carbocycles. The van der Waals surface area contributed by atoms with Crippen LogP contribution in [0.1, 0.15) is 13.3 Å². The number of hydrogen-bond acceptors (Lipinski definition) is 4. The summed E-state index contributed by atoms with van der Waals surface area (Å²) in [5, 5.41) is 17.3. The molecule has 0 radical (unpaired) electrons. The molecule has 0 fully saturated rings. The van der Waals surface area contributed by atoms with Gasteiger partial charge >= 0.3 is 5.97 Å². The second kappa shape index (κ2) is 10.9. The van der Waals surface area contributed by atoms with Crippen molar-refractivity contribution in [3.8, 4) is 0 Å². The Bertz CT molecular complexity index is 215. The zero-order valence-electron chi connectivity index (χ0n) is 9.02. The lowest BCUT2D eigenvalue weighted by atomic mass is 10.2. The van der Waals surface area contributed by atoms with Crippen LogP contribution in [0, 0.1) is 0 Å². The summed E-state index contributed by atoms with van der Waals surface area (Å²) < 4.78 is 0. The van der Waals surface area contributed by atoms with Crippen LogP contribution in [0.2, 0.25) is 0 Å². The molecule has 0 heterocycles. The quantitative estimate of drug-likeness (QED) is 0.377. The van der Waals surface area contributed by atoms with Crippen LogP contribution in [0.5, 0.6) is 0 Å². The Kier molecular flexibility index (Phi) is 11.8. The number of rotatable bonds is 5. The van der Waals surface area contributed by atoms with Crippen molar-refractivity contribution in [2.45, 2.75) is 19.4 Å². The predicted molar refractivity (Wildman–Crippen MR) is 60.3 cm³/mol. The van der Waals surface area contributed by atoms with Crippen LogP contribution >= 0.6 is 0 Å². The number of aliphatic hydroxyl groups excluding tert-OH is 1. The van der Waals surface area contributed by atoms with Crippen molar-refractivity contribution in [2.75, 3.05) is 13.1 Å². The number of carboxylic acids is 1. The normalized spacial score (nSPS) is 12.4. The molecule has 0 aliphatic carbocycles. The number of carbonyl (C=O) groups is 1. The van der Waals surface area contributed by atoms with Gasteiger partial charge in [-0.25, -0.2) is 4.79 Å². The SMILES string of the molecule is C=CCN.CC(=CCC(O)CN)C(=O)O. The van der Waals surface area contributed by atoms with Gasteiger partial charge in [-0.3, -0.25) is 0 Å². The van der Waals surface area contributed by atoms with Gasteiger partial charge in [0.25, 0.3) is 0 Å². The minimum atomic E-state index is -0.964. The summed E-state index contributed by atoms with van der Waals surface area (Å²) in [7, 11) is 0. The minimum Gasteiger partial charge on any atom is -0.478 e. The monoisotopic (exact) mass is 216 g/mol. The summed E-state index contributed by atoms with van der Waals surface area (Å²) in [5.41, 5.74) is 10.3. The van der Waals surface area contributed by atoms with Gasteiger partial charge in [0.15, 0.2) is 0 Å². The molecule has 0 aliphatic heterocycles. The molecule has 1 unspecified atom stereocenters. The van der Waals surface area contributed by atoms with Crippen LogP contribution in [0.3, 0.4) is 0 Å². The van der Waals surface area contributed by atoms with Gasteiger partial charge < -0.3 is 21.7 Å². The van der Waals surface area contributed by atoms with Crippen LogP contribution < -0.4 is 11.5 Å². The highest BCUT2D eigenvalue weighted by Gasteiger charge is 2.01. The first-order valence-corrected chi connectivity index (χ1v) is 4.58. The Morgan fingerprint density at radius 1 is 1.53 bits per heavy atom. The Morgan fingerprint density at radius 3 is 2.27 bits per heavy atom. The zero-order valence-corrected chi connectivity index (χ0v) is 9.02. The lowest BCUT2D eigenvalue weighted by Crippen LogP contribution is -2.18. The summed E-state index contributed by atoms with van der Waals surface area (Å²) in [6, 6.07) is 0. The van der Waals surface area contributed by atoms with Crippen molar-refractivity contribution in [3.63, 3.8) is 0 Å². The van der Waals surface area contributed by atoms with E-state index in [1.165, 1.54) is 13.0 Å². The van der Waals surface area contributed by atoms with E-state index < -0.39 is 12.1 Å². The number of hydrogen-bond donors (Lipinski definition) is 4. The van der Waals surface area contributed by atoms with Crippen molar-refractivity contribution in [1.82, 2.24) is 0 Å². The number of nitrogens with two attached hydrogens (primary N) is 2. The summed E-state index contributed by atoms with van der Waals surface area (Å²) >= 11 is 0.